The van der Waals surface area contributed by atoms with Crippen LogP contribution in [0.25, 0.3) is 22.0 Å². The van der Waals surface area contributed by atoms with E-state index in [1.807, 2.05) is 12.1 Å². The highest BCUT2D eigenvalue weighted by Gasteiger charge is 2.21. The molecule has 4 aromatic rings. The molecule has 3 aromatic carbocycles. The minimum absolute atomic E-state index is 0.0401. The van der Waals surface area contributed by atoms with Crippen LogP contribution in [-0.2, 0) is 20.2 Å². The van der Waals surface area contributed by atoms with Crippen molar-refractivity contribution in [3.05, 3.63) is 72.3 Å². The fraction of sp³-hybridized carbons (Fsp3) is 0.323. The Labute approximate surface area is 245 Å². The first-order valence-corrected chi connectivity index (χ1v) is 15.3. The Morgan fingerprint density at radius 2 is 1.79 bits per heavy atom. The maximum absolute atomic E-state index is 13.2. The number of amides is 1. The lowest BCUT2D eigenvalue weighted by Crippen LogP contribution is -2.41. The van der Waals surface area contributed by atoms with Gasteiger partial charge < -0.3 is 24.9 Å². The summed E-state index contributed by atoms with van der Waals surface area (Å²) in [6.45, 7) is 10.3. The van der Waals surface area contributed by atoms with E-state index < -0.39 is 16.1 Å². The van der Waals surface area contributed by atoms with Crippen LogP contribution in [0.1, 0.15) is 26.3 Å². The Hall–Kier alpha value is -4.06. The van der Waals surface area contributed by atoms with Crippen LogP contribution in [-0.4, -0.2) is 68.9 Å². The standard InChI is InChI=1S/C31H36N4O6S/c1-31(2,3)22-7-10-25(11-8-22)42(38,39)34-23-9-12-27-26(20-23)28(21-5-4-6-24(36)19-21)29(33-27)41-30(37)32-13-14-35-15-17-40-18-16-35/h4-12,19-20,33-34,36H,13-18H2,1-3H3,(H,32,37). The van der Waals surface area contributed by atoms with Crippen molar-refractivity contribution in [3.63, 3.8) is 0 Å². The topological polar surface area (TPSA) is 133 Å². The second kappa shape index (κ2) is 12.0. The van der Waals surface area contributed by atoms with Gasteiger partial charge in [0.15, 0.2) is 0 Å². The molecule has 222 valence electrons. The second-order valence-electron chi connectivity index (χ2n) is 11.3. The summed E-state index contributed by atoms with van der Waals surface area (Å²) >= 11 is 0. The molecule has 1 aromatic heterocycles. The smallest absolute Gasteiger partial charge is 0.413 e. The molecular formula is C31H36N4O6S. The lowest BCUT2D eigenvalue weighted by Gasteiger charge is -2.26. The summed E-state index contributed by atoms with van der Waals surface area (Å²) in [5, 5.41) is 13.6. The molecule has 1 saturated heterocycles. The summed E-state index contributed by atoms with van der Waals surface area (Å²) in [5.74, 6) is 0.218. The first-order valence-electron chi connectivity index (χ1n) is 13.8. The number of phenolic OH excluding ortho intramolecular Hbond substituents is 1. The Morgan fingerprint density at radius 1 is 1.05 bits per heavy atom. The van der Waals surface area contributed by atoms with E-state index in [2.05, 4.69) is 40.7 Å². The molecule has 1 aliphatic rings. The second-order valence-corrected chi connectivity index (χ2v) is 13.0. The summed E-state index contributed by atoms with van der Waals surface area (Å²) in [4.78, 5) is 18.2. The fourth-order valence-corrected chi connectivity index (χ4v) is 5.92. The number of anilines is 1. The van der Waals surface area contributed by atoms with Gasteiger partial charge in [0, 0.05) is 42.8 Å². The summed E-state index contributed by atoms with van der Waals surface area (Å²) < 4.78 is 40.2. The monoisotopic (exact) mass is 592 g/mol. The van der Waals surface area contributed by atoms with Gasteiger partial charge in [0.1, 0.15) is 5.75 Å². The van der Waals surface area contributed by atoms with Crippen LogP contribution in [0.5, 0.6) is 11.6 Å². The van der Waals surface area contributed by atoms with Crippen LogP contribution in [0.15, 0.2) is 71.6 Å². The number of aromatic nitrogens is 1. The van der Waals surface area contributed by atoms with E-state index in [1.165, 1.54) is 0 Å². The normalized spacial score (nSPS) is 14.5. The zero-order valence-corrected chi connectivity index (χ0v) is 24.8. The number of hydrogen-bond donors (Lipinski definition) is 4. The van der Waals surface area contributed by atoms with Gasteiger partial charge in [0.05, 0.1) is 23.7 Å². The zero-order chi connectivity index (χ0) is 29.9. The molecule has 11 heteroatoms. The highest BCUT2D eigenvalue weighted by Crippen LogP contribution is 2.40. The van der Waals surface area contributed by atoms with Gasteiger partial charge in [-0.3, -0.25) is 9.62 Å². The van der Waals surface area contributed by atoms with E-state index in [0.717, 1.165) is 18.7 Å². The number of phenols is 1. The first kappa shape index (κ1) is 29.4. The maximum atomic E-state index is 13.2. The van der Waals surface area contributed by atoms with Crippen molar-refractivity contribution in [1.82, 2.24) is 15.2 Å². The molecule has 0 aliphatic carbocycles. The van der Waals surface area contributed by atoms with Crippen LogP contribution in [0.4, 0.5) is 10.5 Å². The predicted octanol–water partition coefficient (Wildman–Crippen LogP) is 5.06. The van der Waals surface area contributed by atoms with E-state index in [-0.39, 0.29) is 21.9 Å². The average Bonchev–Trinajstić information content (AvgIpc) is 3.30. The van der Waals surface area contributed by atoms with Crippen molar-refractivity contribution in [1.29, 1.82) is 0 Å². The number of aromatic amines is 1. The molecule has 5 rings (SSSR count). The molecule has 1 fully saturated rings. The molecule has 0 saturated carbocycles. The molecule has 42 heavy (non-hydrogen) atoms. The molecule has 0 atom stereocenters. The number of benzene rings is 3. The number of H-pyrrole nitrogens is 1. The number of carbonyl (C=O) groups excluding carboxylic acids is 1. The van der Waals surface area contributed by atoms with Gasteiger partial charge in [-0.15, -0.1) is 0 Å². The number of sulfonamides is 1. The molecule has 0 spiro atoms. The van der Waals surface area contributed by atoms with Gasteiger partial charge in [0.2, 0.25) is 5.88 Å². The van der Waals surface area contributed by atoms with Crippen molar-refractivity contribution in [2.75, 3.05) is 44.1 Å². The third-order valence-corrected chi connectivity index (χ3v) is 8.57. The van der Waals surface area contributed by atoms with Gasteiger partial charge in [-0.2, -0.15) is 0 Å². The van der Waals surface area contributed by atoms with Crippen LogP contribution in [0, 0.1) is 0 Å². The Balaban J connectivity index is 1.40. The van der Waals surface area contributed by atoms with Crippen LogP contribution in [0.3, 0.4) is 0 Å². The highest BCUT2D eigenvalue weighted by atomic mass is 32.2. The van der Waals surface area contributed by atoms with Gasteiger partial charge in [0.25, 0.3) is 10.0 Å². The summed E-state index contributed by atoms with van der Waals surface area (Å²) in [7, 11) is -3.87. The molecular weight excluding hydrogens is 556 g/mol. The van der Waals surface area contributed by atoms with Gasteiger partial charge in [-0.1, -0.05) is 45.0 Å². The molecule has 0 unspecified atom stereocenters. The average molecular weight is 593 g/mol. The molecule has 10 nitrogen and oxygen atoms in total. The molecule has 1 aliphatic heterocycles. The molecule has 1 amide bonds. The largest absolute Gasteiger partial charge is 0.508 e. The lowest BCUT2D eigenvalue weighted by atomic mass is 9.87. The number of aromatic hydroxyl groups is 1. The number of morpholine rings is 1. The number of hydrogen-bond acceptors (Lipinski definition) is 7. The number of carbonyl (C=O) groups is 1. The quantitative estimate of drug-likeness (QED) is 0.225. The van der Waals surface area contributed by atoms with Crippen molar-refractivity contribution in [2.45, 2.75) is 31.1 Å². The molecule has 4 N–H and O–H groups in total. The minimum atomic E-state index is -3.87. The van der Waals surface area contributed by atoms with Crippen molar-refractivity contribution in [3.8, 4) is 22.8 Å². The van der Waals surface area contributed by atoms with Crippen LogP contribution >= 0.6 is 0 Å². The Morgan fingerprint density at radius 3 is 2.48 bits per heavy atom. The number of fused-ring (bicyclic) bond motifs is 1. The first-order chi connectivity index (χ1) is 20.0. The molecule has 2 heterocycles. The minimum Gasteiger partial charge on any atom is -0.508 e. The van der Waals surface area contributed by atoms with Crippen molar-refractivity contribution in [2.24, 2.45) is 0 Å². The van der Waals surface area contributed by atoms with E-state index in [9.17, 15) is 18.3 Å². The van der Waals surface area contributed by atoms with Crippen molar-refractivity contribution >= 4 is 32.7 Å². The number of nitrogens with one attached hydrogen (secondary N) is 3. The summed E-state index contributed by atoms with van der Waals surface area (Å²) in [5.41, 5.74) is 3.00. The van der Waals surface area contributed by atoms with E-state index in [0.29, 0.717) is 54.0 Å². The summed E-state index contributed by atoms with van der Waals surface area (Å²) in [6.07, 6.45) is -0.629. The Kier molecular flexibility index (Phi) is 8.44. The number of rotatable bonds is 8. The molecule has 0 radical (unpaired) electrons. The van der Waals surface area contributed by atoms with E-state index in [1.54, 1.807) is 54.6 Å². The third kappa shape index (κ3) is 6.87. The lowest BCUT2D eigenvalue weighted by molar-refractivity contribution is 0.0385. The van der Waals surface area contributed by atoms with E-state index >= 15 is 0 Å². The predicted molar refractivity (Wildman–Crippen MR) is 163 cm³/mol. The van der Waals surface area contributed by atoms with Gasteiger partial charge >= 0.3 is 6.09 Å². The number of nitrogens with zero attached hydrogens (tertiary/aromatic N) is 1. The van der Waals surface area contributed by atoms with Crippen LogP contribution < -0.4 is 14.8 Å². The highest BCUT2D eigenvalue weighted by molar-refractivity contribution is 7.92. The van der Waals surface area contributed by atoms with Gasteiger partial charge in [-0.25, -0.2) is 13.2 Å². The van der Waals surface area contributed by atoms with Crippen molar-refractivity contribution < 1.29 is 27.8 Å². The number of ether oxygens (including phenoxy) is 2. The fourth-order valence-electron chi connectivity index (χ4n) is 4.87. The SMILES string of the molecule is CC(C)(C)c1ccc(S(=O)(=O)Nc2ccc3[nH]c(OC(=O)NCCN4CCOCC4)c(-c4cccc(O)c4)c3c2)cc1. The van der Waals surface area contributed by atoms with Crippen LogP contribution in [0.2, 0.25) is 0 Å². The summed E-state index contributed by atoms with van der Waals surface area (Å²) in [6, 6.07) is 18.4. The van der Waals surface area contributed by atoms with Gasteiger partial charge in [-0.05, 0) is 59.0 Å². The molecule has 0 bridgehead atoms. The Bertz CT molecular complexity index is 1670. The zero-order valence-electron chi connectivity index (χ0n) is 23.9. The third-order valence-electron chi connectivity index (χ3n) is 7.18. The maximum Gasteiger partial charge on any atom is 0.413 e. The van der Waals surface area contributed by atoms with E-state index in [4.69, 9.17) is 9.47 Å².